The first kappa shape index (κ1) is 109. The SMILES string of the molecule is CC/C=C\C/C=C\C/C=C\C/C=C\C/C=C\CCCCCCCCCCCCCCCC(=O)OCC(COP(=O)(O)OCC(O)COP(=O)(O)OCC(O)COC(=O)CCCCCCCCCCCCCCCCCCC/C=C\C/C=C\C/C=C\C/C=C\CCCCC)OC(=O)CCCCCCCCCCCCCCCCC. The highest BCUT2D eigenvalue weighted by atomic mass is 31.2. The molecule has 0 fully saturated rings. The molecule has 0 saturated carbocycles. The third-order valence-corrected chi connectivity index (χ3v) is 21.9. The number of aliphatic hydroxyl groups is 2. The van der Waals surface area contributed by atoms with Crippen molar-refractivity contribution < 1.29 is 75.8 Å². The third-order valence-electron chi connectivity index (χ3n) is 20.0. The Bertz CT molecular complexity index is 2490. The van der Waals surface area contributed by atoms with Gasteiger partial charge in [0.25, 0.3) is 0 Å². The summed E-state index contributed by atoms with van der Waals surface area (Å²) in [6.45, 7) is 2.62. The standard InChI is InChI=1S/C95H170O16P2/c1-4-7-10-13-16-19-22-25-28-30-32-34-36-38-40-42-43-44-45-47-49-50-52-54-56-58-61-63-66-69-72-75-78-81-93(98)105-84-90(96)85-107-112(101,102)108-86-91(97)87-109-113(103,104)110-89-92(111-95(100)83-80-77-74-71-68-65-60-27-24-21-18-15-12-9-6-3)88-106-94(99)82-79-76-73-70-67-64-62-59-57-55-53-51-48-46-41-39-37-35-33-31-29-26-23-20-17-14-11-8-5-2/h8,11,16-17,19-20,25-26,28-29,32-35,38-41,90-92,96-97H,4-7,9-10,12-15,18,21-24,27,30-31,36-37,42-89H2,1-3H3,(H,101,102)(H,103,104)/b11-8-,19-16-,20-17-,28-25-,29-26-,34-32-,35-33-,40-38-,41-39-. The summed E-state index contributed by atoms with van der Waals surface area (Å²) < 4.78 is 61.4. The lowest BCUT2D eigenvalue weighted by molar-refractivity contribution is -0.161. The number of allylic oxidation sites excluding steroid dienone is 18. The highest BCUT2D eigenvalue weighted by Crippen LogP contribution is 2.45. The Labute approximate surface area is 691 Å². The summed E-state index contributed by atoms with van der Waals surface area (Å²) in [7, 11) is -9.79. The molecule has 0 aliphatic carbocycles. The number of carbonyl (C=O) groups is 3. The lowest BCUT2D eigenvalue weighted by Gasteiger charge is -2.21. The minimum absolute atomic E-state index is 0.109. The zero-order valence-corrected chi connectivity index (χ0v) is 74.1. The van der Waals surface area contributed by atoms with E-state index in [1.54, 1.807) is 0 Å². The van der Waals surface area contributed by atoms with Gasteiger partial charge in [0, 0.05) is 19.3 Å². The molecular weight excluding hydrogens is 1460 g/mol. The number of aliphatic hydroxyl groups excluding tert-OH is 2. The number of hydrogen-bond acceptors (Lipinski definition) is 14. The predicted molar refractivity (Wildman–Crippen MR) is 473 cm³/mol. The molecule has 0 amide bonds. The van der Waals surface area contributed by atoms with Crippen molar-refractivity contribution in [2.75, 3.05) is 39.6 Å². The Hall–Kier alpha value is -3.79. The minimum atomic E-state index is -4.93. The van der Waals surface area contributed by atoms with E-state index in [9.17, 15) is 43.5 Å². The summed E-state index contributed by atoms with van der Waals surface area (Å²) in [6, 6.07) is 0. The number of rotatable bonds is 88. The fraction of sp³-hybridized carbons (Fsp3) is 0.779. The van der Waals surface area contributed by atoms with E-state index in [1.807, 2.05) is 0 Å². The zero-order chi connectivity index (χ0) is 82.2. The van der Waals surface area contributed by atoms with Gasteiger partial charge in [-0.15, -0.1) is 0 Å². The molecule has 0 aliphatic heterocycles. The van der Waals surface area contributed by atoms with Crippen LogP contribution in [0.25, 0.3) is 0 Å². The Morgan fingerprint density at radius 1 is 0.257 bits per heavy atom. The van der Waals surface area contributed by atoms with Gasteiger partial charge in [0.1, 0.15) is 25.4 Å². The molecule has 16 nitrogen and oxygen atoms in total. The van der Waals surface area contributed by atoms with Crippen LogP contribution in [0.2, 0.25) is 0 Å². The monoisotopic (exact) mass is 1630 g/mol. The Kier molecular flexibility index (Phi) is 84.6. The number of phosphoric ester groups is 2. The highest BCUT2D eigenvalue weighted by molar-refractivity contribution is 7.47. The van der Waals surface area contributed by atoms with Gasteiger partial charge in [-0.3, -0.25) is 32.5 Å². The molecule has 18 heteroatoms. The normalized spacial score (nSPS) is 14.3. The van der Waals surface area contributed by atoms with Crippen molar-refractivity contribution in [2.24, 2.45) is 0 Å². The van der Waals surface area contributed by atoms with Gasteiger partial charge in [0.15, 0.2) is 6.10 Å². The van der Waals surface area contributed by atoms with Gasteiger partial charge in [-0.25, -0.2) is 9.13 Å². The van der Waals surface area contributed by atoms with E-state index in [0.717, 1.165) is 122 Å². The second-order valence-electron chi connectivity index (χ2n) is 31.1. The van der Waals surface area contributed by atoms with Gasteiger partial charge in [-0.05, 0) is 109 Å². The van der Waals surface area contributed by atoms with Crippen LogP contribution in [0.4, 0.5) is 0 Å². The maximum Gasteiger partial charge on any atom is 0.472 e. The molecular formula is C95H170O16P2. The topological polar surface area (TPSA) is 231 Å². The highest BCUT2D eigenvalue weighted by Gasteiger charge is 2.29. The number of carbonyl (C=O) groups excluding carboxylic acids is 3. The molecule has 0 spiro atoms. The van der Waals surface area contributed by atoms with E-state index in [4.69, 9.17) is 32.3 Å². The smallest absolute Gasteiger partial charge is 0.463 e. The molecule has 5 atom stereocenters. The van der Waals surface area contributed by atoms with E-state index in [2.05, 4.69) is 130 Å². The molecule has 0 heterocycles. The lowest BCUT2D eigenvalue weighted by atomic mass is 10.0. The van der Waals surface area contributed by atoms with Crippen LogP contribution in [0, 0.1) is 0 Å². The molecule has 5 unspecified atom stereocenters. The Morgan fingerprint density at radius 2 is 0.469 bits per heavy atom. The van der Waals surface area contributed by atoms with Gasteiger partial charge in [0.2, 0.25) is 0 Å². The van der Waals surface area contributed by atoms with Crippen molar-refractivity contribution in [3.8, 4) is 0 Å². The van der Waals surface area contributed by atoms with Gasteiger partial charge in [-0.2, -0.15) is 0 Å². The van der Waals surface area contributed by atoms with Crippen LogP contribution in [0.1, 0.15) is 419 Å². The second kappa shape index (κ2) is 87.5. The molecule has 4 N–H and O–H groups in total. The van der Waals surface area contributed by atoms with Gasteiger partial charge < -0.3 is 34.2 Å². The summed E-state index contributed by atoms with van der Waals surface area (Å²) in [5, 5.41) is 20.7. The fourth-order valence-electron chi connectivity index (χ4n) is 13.0. The summed E-state index contributed by atoms with van der Waals surface area (Å²) in [5.41, 5.74) is 0. The average Bonchev–Trinajstić information content (AvgIpc) is 0.899. The molecule has 0 bridgehead atoms. The van der Waals surface area contributed by atoms with Crippen molar-refractivity contribution >= 4 is 33.6 Å². The number of hydrogen-bond donors (Lipinski definition) is 4. The van der Waals surface area contributed by atoms with Crippen molar-refractivity contribution in [3.05, 3.63) is 109 Å². The predicted octanol–water partition coefficient (Wildman–Crippen LogP) is 28.2. The van der Waals surface area contributed by atoms with Gasteiger partial charge in [0.05, 0.1) is 26.4 Å². The first-order valence-corrected chi connectivity index (χ1v) is 49.2. The second-order valence-corrected chi connectivity index (χ2v) is 34.0. The van der Waals surface area contributed by atoms with Crippen LogP contribution in [0.15, 0.2) is 109 Å². The van der Waals surface area contributed by atoms with Gasteiger partial charge >= 0.3 is 33.6 Å². The lowest BCUT2D eigenvalue weighted by Crippen LogP contribution is -2.30. The van der Waals surface area contributed by atoms with Crippen molar-refractivity contribution in [3.63, 3.8) is 0 Å². The molecule has 0 radical (unpaired) electrons. The van der Waals surface area contributed by atoms with E-state index < -0.39 is 91.5 Å². The first-order valence-electron chi connectivity index (χ1n) is 46.2. The summed E-state index contributed by atoms with van der Waals surface area (Å²) in [6.07, 6.45) is 106. The molecule has 656 valence electrons. The van der Waals surface area contributed by atoms with Crippen LogP contribution >= 0.6 is 15.6 Å². The van der Waals surface area contributed by atoms with Crippen LogP contribution in [-0.4, -0.2) is 95.9 Å². The van der Waals surface area contributed by atoms with Crippen LogP contribution in [-0.2, 0) is 55.8 Å². The maximum absolute atomic E-state index is 13.0. The van der Waals surface area contributed by atoms with Crippen molar-refractivity contribution in [2.45, 2.75) is 437 Å². The fourth-order valence-corrected chi connectivity index (χ4v) is 14.6. The number of esters is 3. The molecule has 0 aromatic heterocycles. The Balaban J connectivity index is 4.43. The summed E-state index contributed by atoms with van der Waals surface area (Å²) in [4.78, 5) is 58.9. The third kappa shape index (κ3) is 88.9. The molecule has 0 aliphatic rings. The largest absolute Gasteiger partial charge is 0.472 e. The van der Waals surface area contributed by atoms with Crippen LogP contribution in [0.5, 0.6) is 0 Å². The molecule has 0 saturated heterocycles. The molecule has 0 aromatic carbocycles. The average molecular weight is 1630 g/mol. The summed E-state index contributed by atoms with van der Waals surface area (Å²) in [5.74, 6) is -1.55. The van der Waals surface area contributed by atoms with E-state index in [-0.39, 0.29) is 19.3 Å². The van der Waals surface area contributed by atoms with E-state index >= 15 is 0 Å². The summed E-state index contributed by atoms with van der Waals surface area (Å²) >= 11 is 0. The maximum atomic E-state index is 13.0. The quantitative estimate of drug-likeness (QED) is 0.0146. The van der Waals surface area contributed by atoms with Crippen molar-refractivity contribution in [1.82, 2.24) is 0 Å². The van der Waals surface area contributed by atoms with Gasteiger partial charge in [-0.1, -0.05) is 400 Å². The van der Waals surface area contributed by atoms with E-state index in [0.29, 0.717) is 19.3 Å². The van der Waals surface area contributed by atoms with Crippen molar-refractivity contribution in [1.29, 1.82) is 0 Å². The number of ether oxygens (including phenoxy) is 3. The molecule has 113 heavy (non-hydrogen) atoms. The van der Waals surface area contributed by atoms with Crippen LogP contribution in [0.3, 0.4) is 0 Å². The minimum Gasteiger partial charge on any atom is -0.463 e. The Morgan fingerprint density at radius 3 is 0.761 bits per heavy atom. The molecule has 0 aromatic rings. The number of phosphoric acid groups is 2. The van der Waals surface area contributed by atoms with E-state index in [1.165, 1.54) is 238 Å². The first-order chi connectivity index (χ1) is 55.2. The molecule has 0 rings (SSSR count). The van der Waals surface area contributed by atoms with Crippen LogP contribution < -0.4 is 0 Å². The zero-order valence-electron chi connectivity index (χ0n) is 72.3. The number of unbranched alkanes of at least 4 members (excludes halogenated alkanes) is 47.